The number of imide groups is 1. The molecule has 36 heavy (non-hydrogen) atoms. The van der Waals surface area contributed by atoms with Gasteiger partial charge < -0.3 is 14.5 Å². The summed E-state index contributed by atoms with van der Waals surface area (Å²) in [6.07, 6.45) is 0. The zero-order chi connectivity index (χ0) is 25.6. The molecular formula is C24H18BrClN2O6S2. The quantitative estimate of drug-likeness (QED) is 0.322. The first-order valence-electron chi connectivity index (χ1n) is 10.9. The molecule has 2 aliphatic rings. The second-order valence-electron chi connectivity index (χ2n) is 8.01. The highest BCUT2D eigenvalue weighted by Crippen LogP contribution is 2.54. The minimum Gasteiger partial charge on any atom is -0.482 e. The van der Waals surface area contributed by atoms with Crippen LogP contribution in [0.5, 0.6) is 5.75 Å². The van der Waals surface area contributed by atoms with E-state index >= 15 is 0 Å². The molecule has 2 unspecified atom stereocenters. The number of thiazole rings is 1. The third-order valence-electron chi connectivity index (χ3n) is 5.87. The lowest BCUT2D eigenvalue weighted by molar-refractivity contribution is -0.145. The summed E-state index contributed by atoms with van der Waals surface area (Å²) in [5.41, 5.74) is 1.01. The number of thioether (sulfide) groups is 1. The highest BCUT2D eigenvalue weighted by Gasteiger charge is 2.56. The summed E-state index contributed by atoms with van der Waals surface area (Å²) in [6.45, 7) is 1.60. The van der Waals surface area contributed by atoms with E-state index in [0.717, 1.165) is 11.3 Å². The first kappa shape index (κ1) is 25.1. The monoisotopic (exact) mass is 608 g/mol. The lowest BCUT2D eigenvalue weighted by Gasteiger charge is -2.31. The number of hydrogen-bond donors (Lipinski definition) is 1. The summed E-state index contributed by atoms with van der Waals surface area (Å²) in [7, 11) is 0. The van der Waals surface area contributed by atoms with E-state index in [1.807, 2.05) is 0 Å². The lowest BCUT2D eigenvalue weighted by atomic mass is 9.82. The Morgan fingerprint density at radius 2 is 1.89 bits per heavy atom. The van der Waals surface area contributed by atoms with Crippen LogP contribution < -0.4 is 14.5 Å². The Balaban J connectivity index is 1.61. The number of hydrogen-bond acceptors (Lipinski definition) is 8. The van der Waals surface area contributed by atoms with Crippen molar-refractivity contribution < 1.29 is 23.9 Å². The minimum atomic E-state index is -0.795. The minimum absolute atomic E-state index is 0.219. The molecule has 0 spiro atoms. The van der Waals surface area contributed by atoms with E-state index in [2.05, 4.69) is 20.9 Å². The summed E-state index contributed by atoms with van der Waals surface area (Å²) < 4.78 is 11.5. The maximum absolute atomic E-state index is 13.8. The Morgan fingerprint density at radius 1 is 1.14 bits per heavy atom. The molecule has 2 aromatic carbocycles. The van der Waals surface area contributed by atoms with Gasteiger partial charge in [-0.3, -0.25) is 14.4 Å². The van der Waals surface area contributed by atoms with Gasteiger partial charge in [-0.25, -0.2) is 9.69 Å². The van der Waals surface area contributed by atoms with Crippen LogP contribution in [0, 0.1) is 5.92 Å². The predicted molar refractivity (Wildman–Crippen MR) is 140 cm³/mol. The van der Waals surface area contributed by atoms with Crippen molar-refractivity contribution in [2.75, 3.05) is 18.1 Å². The molecule has 0 bridgehead atoms. The standard InChI is InChI=1S/C24H18BrClN2O6S2/c1-2-33-16(29)10-34-15-8-3-11(25)9-14(15)17-18-20(35-21-19(17)36-24(32)27-21)23(31)28(22(18)30)13-6-4-12(26)5-7-13/h3-9,17-18,20H,2,10H2,1H3,(H,27,32)/t17-,18?,20?/m1/s1. The van der Waals surface area contributed by atoms with E-state index < -0.39 is 23.1 Å². The number of esters is 1. The van der Waals surface area contributed by atoms with E-state index in [9.17, 15) is 19.2 Å². The average Bonchev–Trinajstić information content (AvgIpc) is 3.33. The van der Waals surface area contributed by atoms with E-state index in [1.54, 1.807) is 49.4 Å². The summed E-state index contributed by atoms with van der Waals surface area (Å²) in [5.74, 6) is -2.37. The second-order valence-corrected chi connectivity index (χ2v) is 11.5. The number of amides is 2. The molecule has 2 amide bonds. The molecule has 0 radical (unpaired) electrons. The van der Waals surface area contributed by atoms with Crippen LogP contribution in [0.4, 0.5) is 5.69 Å². The van der Waals surface area contributed by atoms with Gasteiger partial charge in [0.05, 0.1) is 23.2 Å². The molecule has 1 fully saturated rings. The van der Waals surface area contributed by atoms with Crippen LogP contribution in [0.3, 0.4) is 0 Å². The Hall–Kier alpha value is -2.60. The van der Waals surface area contributed by atoms with E-state index in [0.29, 0.717) is 36.4 Å². The predicted octanol–water partition coefficient (Wildman–Crippen LogP) is 4.59. The number of nitrogens with zero attached hydrogens (tertiary/aromatic N) is 1. The van der Waals surface area contributed by atoms with Gasteiger partial charge in [-0.1, -0.05) is 50.6 Å². The molecule has 3 atom stereocenters. The maximum atomic E-state index is 13.8. The van der Waals surface area contributed by atoms with E-state index in [1.165, 1.54) is 16.7 Å². The van der Waals surface area contributed by atoms with E-state index in [-0.39, 0.29) is 29.9 Å². The van der Waals surface area contributed by atoms with Crippen molar-refractivity contribution in [1.29, 1.82) is 0 Å². The number of H-pyrrole nitrogens is 1. The molecule has 3 aromatic rings. The van der Waals surface area contributed by atoms with Crippen LogP contribution >= 0.6 is 50.6 Å². The molecular weight excluding hydrogens is 592 g/mol. The summed E-state index contributed by atoms with van der Waals surface area (Å²) in [5, 5.41) is 0.277. The number of anilines is 1. The van der Waals surface area contributed by atoms with Gasteiger partial charge in [-0.15, -0.1) is 0 Å². The lowest BCUT2D eigenvalue weighted by Crippen LogP contribution is -2.32. The van der Waals surface area contributed by atoms with Crippen molar-refractivity contribution in [1.82, 2.24) is 4.98 Å². The number of aromatic nitrogens is 1. The molecule has 8 nitrogen and oxygen atoms in total. The van der Waals surface area contributed by atoms with Gasteiger partial charge in [0.2, 0.25) is 11.8 Å². The zero-order valence-electron chi connectivity index (χ0n) is 18.7. The van der Waals surface area contributed by atoms with Crippen molar-refractivity contribution in [3.05, 3.63) is 72.1 Å². The summed E-state index contributed by atoms with van der Waals surface area (Å²) in [4.78, 5) is 56.0. The van der Waals surface area contributed by atoms with Crippen LogP contribution in [0.15, 0.2) is 56.8 Å². The number of fused-ring (bicyclic) bond motifs is 2. The number of carbonyl (C=O) groups excluding carboxylic acids is 3. The van der Waals surface area contributed by atoms with Crippen molar-refractivity contribution in [2.24, 2.45) is 5.92 Å². The van der Waals surface area contributed by atoms with Gasteiger partial charge in [0.15, 0.2) is 6.61 Å². The van der Waals surface area contributed by atoms with Crippen LogP contribution in [-0.2, 0) is 19.1 Å². The molecule has 12 heteroatoms. The highest BCUT2D eigenvalue weighted by atomic mass is 79.9. The topological polar surface area (TPSA) is 106 Å². The Bertz CT molecular complexity index is 1420. The van der Waals surface area contributed by atoms with Crippen molar-refractivity contribution in [3.8, 4) is 5.75 Å². The molecule has 0 aliphatic carbocycles. The molecule has 186 valence electrons. The number of benzene rings is 2. The number of nitrogens with one attached hydrogen (secondary N) is 1. The third kappa shape index (κ3) is 4.49. The SMILES string of the molecule is CCOC(=O)COc1ccc(Br)cc1[C@H]1c2sc(=O)[nH]c2SC2C(=O)N(c3ccc(Cl)cc3)C(=O)C21. The Labute approximate surface area is 227 Å². The second kappa shape index (κ2) is 10.0. The summed E-state index contributed by atoms with van der Waals surface area (Å²) >= 11 is 11.7. The molecule has 3 heterocycles. The Kier molecular flexibility index (Phi) is 6.99. The molecule has 2 aliphatic heterocycles. The number of rotatable bonds is 6. The van der Waals surface area contributed by atoms with Crippen LogP contribution in [-0.4, -0.2) is 41.2 Å². The first-order chi connectivity index (χ1) is 17.3. The van der Waals surface area contributed by atoms with Gasteiger partial charge in [0.25, 0.3) is 0 Å². The fourth-order valence-corrected chi connectivity index (χ4v) is 7.44. The zero-order valence-corrected chi connectivity index (χ0v) is 22.6. The van der Waals surface area contributed by atoms with Gasteiger partial charge in [-0.05, 0) is 49.4 Å². The molecule has 1 saturated heterocycles. The van der Waals surface area contributed by atoms with Crippen molar-refractivity contribution >= 4 is 74.1 Å². The molecule has 0 saturated carbocycles. The first-order valence-corrected chi connectivity index (χ1v) is 13.8. The van der Waals surface area contributed by atoms with Gasteiger partial charge in [0, 0.05) is 25.9 Å². The van der Waals surface area contributed by atoms with Crippen molar-refractivity contribution in [2.45, 2.75) is 23.1 Å². The largest absolute Gasteiger partial charge is 0.482 e. The number of halogens is 2. The maximum Gasteiger partial charge on any atom is 0.344 e. The fraction of sp³-hybridized carbons (Fsp3) is 0.250. The van der Waals surface area contributed by atoms with Gasteiger partial charge in [-0.2, -0.15) is 0 Å². The normalized spacial score (nSPS) is 20.8. The third-order valence-corrected chi connectivity index (χ3v) is 9.01. The fourth-order valence-electron chi connectivity index (χ4n) is 4.43. The Morgan fingerprint density at radius 3 is 2.61 bits per heavy atom. The molecule has 5 rings (SSSR count). The average molecular weight is 610 g/mol. The summed E-state index contributed by atoms with van der Waals surface area (Å²) in [6, 6.07) is 11.7. The number of aromatic amines is 1. The van der Waals surface area contributed by atoms with E-state index in [4.69, 9.17) is 21.1 Å². The molecule has 1 N–H and O–H groups in total. The van der Waals surface area contributed by atoms with Crippen LogP contribution in [0.25, 0.3) is 0 Å². The van der Waals surface area contributed by atoms with Crippen molar-refractivity contribution in [3.63, 3.8) is 0 Å². The van der Waals surface area contributed by atoms with Gasteiger partial charge in [0.1, 0.15) is 11.0 Å². The van der Waals surface area contributed by atoms with Crippen LogP contribution in [0.2, 0.25) is 5.02 Å². The number of carbonyl (C=O) groups is 3. The smallest absolute Gasteiger partial charge is 0.344 e. The number of ether oxygens (including phenoxy) is 2. The highest BCUT2D eigenvalue weighted by molar-refractivity contribution is 9.10. The van der Waals surface area contributed by atoms with Crippen LogP contribution in [0.1, 0.15) is 23.3 Å². The molecule has 1 aromatic heterocycles. The van der Waals surface area contributed by atoms with Gasteiger partial charge >= 0.3 is 10.8 Å².